The Bertz CT molecular complexity index is 375. The van der Waals surface area contributed by atoms with Crippen LogP contribution in [0.5, 0.6) is 5.75 Å². The summed E-state index contributed by atoms with van der Waals surface area (Å²) in [6.45, 7) is 6.48. The Morgan fingerprint density at radius 3 is 2.72 bits per heavy atom. The van der Waals surface area contributed by atoms with Crippen LogP contribution in [0.4, 0.5) is 0 Å². The molecule has 0 saturated carbocycles. The number of aliphatic hydroxyl groups excluding tert-OH is 2. The van der Waals surface area contributed by atoms with Gasteiger partial charge in [0.2, 0.25) is 0 Å². The lowest BCUT2D eigenvalue weighted by Gasteiger charge is -2.22. The number of hydrogen-bond donors (Lipinski definition) is 3. The molecule has 1 rings (SSSR count). The first-order chi connectivity index (χ1) is 8.63. The molecular weight excluding hydrogens is 230 g/mol. The second-order valence-electron chi connectivity index (χ2n) is 4.63. The first kappa shape index (κ1) is 14.7. The number of quaternary nitrogens is 1. The summed E-state index contributed by atoms with van der Waals surface area (Å²) in [4.78, 5) is 0. The molecule has 0 fully saturated rings. The van der Waals surface area contributed by atoms with E-state index in [4.69, 9.17) is 4.74 Å². The lowest BCUT2D eigenvalue weighted by atomic mass is 10.0. The maximum atomic E-state index is 9.21. The molecule has 0 aliphatic rings. The van der Waals surface area contributed by atoms with E-state index in [9.17, 15) is 10.2 Å². The highest BCUT2D eigenvalue weighted by Gasteiger charge is 2.25. The highest BCUT2D eigenvalue weighted by Crippen LogP contribution is 2.12. The molecule has 100 valence electrons. The van der Waals surface area contributed by atoms with Crippen molar-refractivity contribution >= 4 is 0 Å². The number of ether oxygens (including phenoxy) is 1. The van der Waals surface area contributed by atoms with Crippen LogP contribution in [0.2, 0.25) is 0 Å². The fourth-order valence-electron chi connectivity index (χ4n) is 1.46. The van der Waals surface area contributed by atoms with Crippen LogP contribution in [-0.4, -0.2) is 35.6 Å². The molecular formula is C14H22NO3+. The molecule has 0 saturated heterocycles. The van der Waals surface area contributed by atoms with E-state index >= 15 is 0 Å². The molecule has 0 unspecified atom stereocenters. The molecule has 0 heterocycles. The van der Waals surface area contributed by atoms with Crippen molar-refractivity contribution in [1.82, 2.24) is 0 Å². The SMILES string of the molecule is C=CCOc1cccc(C[NH2+]C(C)(CO)CO)c1. The Morgan fingerprint density at radius 2 is 2.11 bits per heavy atom. The van der Waals surface area contributed by atoms with E-state index < -0.39 is 5.54 Å². The van der Waals surface area contributed by atoms with Gasteiger partial charge >= 0.3 is 0 Å². The zero-order chi connectivity index (χ0) is 13.4. The van der Waals surface area contributed by atoms with Crippen molar-refractivity contribution in [2.45, 2.75) is 19.0 Å². The zero-order valence-electron chi connectivity index (χ0n) is 10.8. The number of nitrogens with two attached hydrogens (primary N) is 1. The maximum absolute atomic E-state index is 9.21. The van der Waals surface area contributed by atoms with E-state index in [1.165, 1.54) is 0 Å². The second-order valence-corrected chi connectivity index (χ2v) is 4.63. The monoisotopic (exact) mass is 252 g/mol. The van der Waals surface area contributed by atoms with Gasteiger partial charge in [0.25, 0.3) is 0 Å². The smallest absolute Gasteiger partial charge is 0.140 e. The van der Waals surface area contributed by atoms with Crippen molar-refractivity contribution in [2.24, 2.45) is 0 Å². The number of benzene rings is 1. The Morgan fingerprint density at radius 1 is 1.39 bits per heavy atom. The average Bonchev–Trinajstić information content (AvgIpc) is 2.43. The van der Waals surface area contributed by atoms with Gasteiger partial charge in [0.15, 0.2) is 0 Å². The fourth-order valence-corrected chi connectivity index (χ4v) is 1.46. The van der Waals surface area contributed by atoms with Crippen LogP contribution in [0.15, 0.2) is 36.9 Å². The Labute approximate surface area is 108 Å². The largest absolute Gasteiger partial charge is 0.490 e. The Balaban J connectivity index is 2.59. The molecule has 4 heteroatoms. The normalized spacial score (nSPS) is 11.3. The molecule has 0 amide bonds. The molecule has 1 aromatic carbocycles. The third-order valence-electron chi connectivity index (χ3n) is 2.82. The summed E-state index contributed by atoms with van der Waals surface area (Å²) in [5.74, 6) is 0.801. The topological polar surface area (TPSA) is 66.3 Å². The van der Waals surface area contributed by atoms with Crippen LogP contribution in [0.25, 0.3) is 0 Å². The lowest BCUT2D eigenvalue weighted by molar-refractivity contribution is -0.741. The van der Waals surface area contributed by atoms with Crippen LogP contribution in [0.1, 0.15) is 12.5 Å². The number of hydrogen-bond acceptors (Lipinski definition) is 3. The average molecular weight is 252 g/mol. The van der Waals surface area contributed by atoms with Gasteiger partial charge in [-0.3, -0.25) is 0 Å². The zero-order valence-corrected chi connectivity index (χ0v) is 10.8. The van der Waals surface area contributed by atoms with Crippen molar-refractivity contribution in [3.8, 4) is 5.75 Å². The molecule has 1 aromatic rings. The van der Waals surface area contributed by atoms with Crippen LogP contribution < -0.4 is 10.1 Å². The first-order valence-corrected chi connectivity index (χ1v) is 6.02. The maximum Gasteiger partial charge on any atom is 0.140 e. The van der Waals surface area contributed by atoms with Crippen LogP contribution in [0, 0.1) is 0 Å². The molecule has 4 nitrogen and oxygen atoms in total. The second kappa shape index (κ2) is 7.16. The predicted octanol–water partition coefficient (Wildman–Crippen LogP) is 0.0581. The summed E-state index contributed by atoms with van der Waals surface area (Å²) < 4.78 is 5.45. The molecule has 4 N–H and O–H groups in total. The third kappa shape index (κ3) is 4.49. The standard InChI is InChI=1S/C14H21NO3/c1-3-7-18-13-6-4-5-12(8-13)9-15-14(2,10-16)11-17/h3-6,8,15-17H,1,7,9-11H2,2H3/p+1. The summed E-state index contributed by atoms with van der Waals surface area (Å²) in [7, 11) is 0. The van der Waals surface area contributed by atoms with Crippen LogP contribution in [-0.2, 0) is 6.54 Å². The van der Waals surface area contributed by atoms with Crippen molar-refractivity contribution < 1.29 is 20.3 Å². The summed E-state index contributed by atoms with van der Waals surface area (Å²) in [6.07, 6.45) is 1.70. The predicted molar refractivity (Wildman–Crippen MR) is 70.3 cm³/mol. The minimum absolute atomic E-state index is 0.0594. The van der Waals surface area contributed by atoms with Gasteiger partial charge < -0.3 is 20.3 Å². The van der Waals surface area contributed by atoms with Crippen LogP contribution >= 0.6 is 0 Å². The van der Waals surface area contributed by atoms with E-state index in [1.54, 1.807) is 6.08 Å². The van der Waals surface area contributed by atoms with Crippen molar-refractivity contribution in [2.75, 3.05) is 19.8 Å². The first-order valence-electron chi connectivity index (χ1n) is 6.02. The summed E-state index contributed by atoms with van der Waals surface area (Å²) in [5, 5.41) is 20.3. The van der Waals surface area contributed by atoms with E-state index in [0.717, 1.165) is 11.3 Å². The van der Waals surface area contributed by atoms with E-state index in [1.807, 2.05) is 36.5 Å². The number of aliphatic hydroxyl groups is 2. The molecule has 0 atom stereocenters. The van der Waals surface area contributed by atoms with Crippen molar-refractivity contribution in [1.29, 1.82) is 0 Å². The van der Waals surface area contributed by atoms with E-state index in [2.05, 4.69) is 6.58 Å². The Hall–Kier alpha value is -1.36. The van der Waals surface area contributed by atoms with Gasteiger partial charge in [-0.2, -0.15) is 0 Å². The van der Waals surface area contributed by atoms with Gasteiger partial charge in [-0.15, -0.1) is 0 Å². The van der Waals surface area contributed by atoms with Crippen molar-refractivity contribution in [3.63, 3.8) is 0 Å². The van der Waals surface area contributed by atoms with Gasteiger partial charge in [-0.1, -0.05) is 24.8 Å². The fraction of sp³-hybridized carbons (Fsp3) is 0.429. The third-order valence-corrected chi connectivity index (χ3v) is 2.82. The molecule has 0 aromatic heterocycles. The van der Waals surface area contributed by atoms with Gasteiger partial charge in [0, 0.05) is 5.56 Å². The quantitative estimate of drug-likeness (QED) is 0.573. The van der Waals surface area contributed by atoms with Gasteiger partial charge in [-0.05, 0) is 19.1 Å². The molecule has 0 bridgehead atoms. The molecule has 0 aliphatic heterocycles. The van der Waals surface area contributed by atoms with E-state index in [0.29, 0.717) is 13.2 Å². The van der Waals surface area contributed by atoms with E-state index in [-0.39, 0.29) is 13.2 Å². The van der Waals surface area contributed by atoms with Gasteiger partial charge in [0.1, 0.15) is 24.4 Å². The van der Waals surface area contributed by atoms with Crippen molar-refractivity contribution in [3.05, 3.63) is 42.5 Å². The molecule has 0 aliphatic carbocycles. The van der Waals surface area contributed by atoms with Gasteiger partial charge in [-0.25, -0.2) is 0 Å². The highest BCUT2D eigenvalue weighted by molar-refractivity contribution is 5.28. The molecule has 0 radical (unpaired) electrons. The summed E-state index contributed by atoms with van der Waals surface area (Å²) >= 11 is 0. The highest BCUT2D eigenvalue weighted by atomic mass is 16.5. The minimum Gasteiger partial charge on any atom is -0.490 e. The number of rotatable bonds is 8. The summed E-state index contributed by atoms with van der Waals surface area (Å²) in [6, 6.07) is 7.77. The molecule has 0 spiro atoms. The molecule has 18 heavy (non-hydrogen) atoms. The summed E-state index contributed by atoms with van der Waals surface area (Å²) in [5.41, 5.74) is 0.544. The van der Waals surface area contributed by atoms with Crippen LogP contribution in [0.3, 0.4) is 0 Å². The Kier molecular flexibility index (Phi) is 5.85. The minimum atomic E-state index is -0.544. The lowest BCUT2D eigenvalue weighted by Crippen LogP contribution is -2.97. The van der Waals surface area contributed by atoms with Gasteiger partial charge in [0.05, 0.1) is 13.2 Å².